The van der Waals surface area contributed by atoms with E-state index < -0.39 is 10.0 Å². The highest BCUT2D eigenvalue weighted by Crippen LogP contribution is 2.32. The van der Waals surface area contributed by atoms with Crippen LogP contribution in [0.15, 0.2) is 53.6 Å². The molecule has 2 aromatic carbocycles. The summed E-state index contributed by atoms with van der Waals surface area (Å²) in [7, 11) is 1.45. The predicted octanol–water partition coefficient (Wildman–Crippen LogP) is 4.06. The molecule has 10 nitrogen and oxygen atoms in total. The van der Waals surface area contributed by atoms with Crippen molar-refractivity contribution in [3.8, 4) is 5.75 Å². The van der Waals surface area contributed by atoms with Crippen molar-refractivity contribution in [2.75, 3.05) is 71.1 Å². The van der Waals surface area contributed by atoms with Crippen molar-refractivity contribution in [3.63, 3.8) is 0 Å². The summed E-state index contributed by atoms with van der Waals surface area (Å²) in [4.78, 5) is 13.8. The van der Waals surface area contributed by atoms with E-state index in [0.717, 1.165) is 49.1 Å². The molecular formula is C27H36ClN7O3S. The van der Waals surface area contributed by atoms with Gasteiger partial charge in [-0.2, -0.15) is 4.98 Å². The van der Waals surface area contributed by atoms with Crippen LogP contribution in [0.3, 0.4) is 0 Å². The van der Waals surface area contributed by atoms with Crippen molar-refractivity contribution >= 4 is 44.8 Å². The van der Waals surface area contributed by atoms with Crippen molar-refractivity contribution in [3.05, 3.63) is 59.2 Å². The maximum absolute atomic E-state index is 12.8. The van der Waals surface area contributed by atoms with Gasteiger partial charge < -0.3 is 25.2 Å². The number of nitrogens with one attached hydrogen (secondary N) is 2. The lowest BCUT2D eigenvalue weighted by molar-refractivity contribution is 0.155. The van der Waals surface area contributed by atoms with Crippen LogP contribution in [0.4, 0.5) is 23.1 Å². The highest BCUT2D eigenvalue weighted by molar-refractivity contribution is 7.89. The number of rotatable bonds is 11. The number of piperazine rings is 1. The van der Waals surface area contributed by atoms with Crippen LogP contribution in [0.1, 0.15) is 12.5 Å². The van der Waals surface area contributed by atoms with E-state index in [2.05, 4.69) is 49.6 Å². The van der Waals surface area contributed by atoms with Crippen LogP contribution in [-0.2, 0) is 16.4 Å². The zero-order valence-electron chi connectivity index (χ0n) is 22.8. The number of anilines is 4. The van der Waals surface area contributed by atoms with Crippen LogP contribution in [0, 0.1) is 0 Å². The summed E-state index contributed by atoms with van der Waals surface area (Å²) in [6.45, 7) is 7.84. The molecule has 1 fully saturated rings. The Bertz CT molecular complexity index is 1380. The Labute approximate surface area is 236 Å². The Morgan fingerprint density at radius 2 is 1.79 bits per heavy atom. The molecule has 1 saturated heterocycles. The Morgan fingerprint density at radius 1 is 1.05 bits per heavy atom. The molecule has 0 amide bonds. The first kappa shape index (κ1) is 29.0. The molecule has 0 atom stereocenters. The van der Waals surface area contributed by atoms with Crippen molar-refractivity contribution in [2.24, 2.45) is 0 Å². The molecule has 4 rings (SSSR count). The third-order valence-electron chi connectivity index (χ3n) is 6.55. The minimum Gasteiger partial charge on any atom is -0.492 e. The maximum atomic E-state index is 12.8. The molecule has 3 aromatic rings. The molecule has 12 heteroatoms. The molecule has 0 radical (unpaired) electrons. The first-order valence-corrected chi connectivity index (χ1v) is 14.7. The summed E-state index contributed by atoms with van der Waals surface area (Å²) in [6, 6.07) is 12.7. The minimum atomic E-state index is -3.68. The van der Waals surface area contributed by atoms with Gasteiger partial charge in [0.1, 0.15) is 15.7 Å². The second kappa shape index (κ2) is 12.9. The summed E-state index contributed by atoms with van der Waals surface area (Å²) in [6.07, 6.45) is 2.40. The van der Waals surface area contributed by atoms with Crippen LogP contribution in [0.5, 0.6) is 5.75 Å². The van der Waals surface area contributed by atoms with Crippen molar-refractivity contribution < 1.29 is 13.2 Å². The van der Waals surface area contributed by atoms with Gasteiger partial charge in [-0.05, 0) is 50.2 Å². The van der Waals surface area contributed by atoms with Gasteiger partial charge in [0.25, 0.3) is 0 Å². The average Bonchev–Trinajstić information content (AvgIpc) is 2.92. The lowest BCUT2D eigenvalue weighted by Gasteiger charge is -2.32. The van der Waals surface area contributed by atoms with Crippen molar-refractivity contribution in [1.29, 1.82) is 0 Å². The number of likely N-dealkylation sites (N-methyl/N-ethyl adjacent to an activating group) is 1. The third kappa shape index (κ3) is 7.37. The Kier molecular flexibility index (Phi) is 9.62. The van der Waals surface area contributed by atoms with Crippen LogP contribution in [-0.4, -0.2) is 93.0 Å². The Morgan fingerprint density at radius 3 is 2.51 bits per heavy atom. The molecule has 210 valence electrons. The SMILES string of the molecule is CCOc1cc(CCN2CCN(C)CC2)ccc1Nc1ncc(Cl)c(Nc2ccccc2S(=O)(=O)N(C)C)n1. The van der Waals surface area contributed by atoms with E-state index in [-0.39, 0.29) is 15.7 Å². The predicted molar refractivity (Wildman–Crippen MR) is 156 cm³/mol. The summed E-state index contributed by atoms with van der Waals surface area (Å²) in [5.41, 5.74) is 2.28. The van der Waals surface area contributed by atoms with Gasteiger partial charge in [-0.15, -0.1) is 0 Å². The molecule has 0 aliphatic carbocycles. The van der Waals surface area contributed by atoms with E-state index in [1.165, 1.54) is 31.9 Å². The average molecular weight is 574 g/mol. The molecule has 1 aromatic heterocycles. The summed E-state index contributed by atoms with van der Waals surface area (Å²) >= 11 is 6.38. The quantitative estimate of drug-likeness (QED) is 0.351. The van der Waals surface area contributed by atoms with Crippen molar-refractivity contribution in [1.82, 2.24) is 24.1 Å². The van der Waals surface area contributed by atoms with E-state index in [1.807, 2.05) is 13.0 Å². The molecule has 1 aliphatic heterocycles. The zero-order valence-corrected chi connectivity index (χ0v) is 24.4. The Hall–Kier alpha value is -2.96. The zero-order chi connectivity index (χ0) is 28.0. The highest BCUT2D eigenvalue weighted by atomic mass is 35.5. The molecule has 1 aliphatic rings. The molecule has 0 unspecified atom stereocenters. The van der Waals surface area contributed by atoms with Gasteiger partial charge in [0.05, 0.1) is 24.2 Å². The molecule has 0 bridgehead atoms. The second-order valence-electron chi connectivity index (χ2n) is 9.58. The lowest BCUT2D eigenvalue weighted by atomic mass is 10.1. The standard InChI is InChI=1S/C27H36ClN7O3S/c1-5-38-24-18-20(12-13-35-16-14-34(4)15-17-35)10-11-22(24)31-27-29-19-21(28)26(32-27)30-23-8-6-7-9-25(23)39(36,37)33(2)3/h6-11,18-19H,5,12-17H2,1-4H3,(H2,29,30,31,32). The fourth-order valence-electron chi connectivity index (χ4n) is 4.21. The molecule has 39 heavy (non-hydrogen) atoms. The number of halogens is 1. The minimum absolute atomic E-state index is 0.116. The lowest BCUT2D eigenvalue weighted by Crippen LogP contribution is -2.45. The van der Waals surface area contributed by atoms with Gasteiger partial charge >= 0.3 is 0 Å². The molecular weight excluding hydrogens is 538 g/mol. The number of hydrogen-bond acceptors (Lipinski definition) is 9. The largest absolute Gasteiger partial charge is 0.492 e. The van der Waals surface area contributed by atoms with Gasteiger partial charge in [0, 0.05) is 46.8 Å². The van der Waals surface area contributed by atoms with Crippen LogP contribution in [0.2, 0.25) is 5.02 Å². The number of sulfonamides is 1. The van der Waals surface area contributed by atoms with E-state index >= 15 is 0 Å². The van der Waals surface area contributed by atoms with E-state index in [0.29, 0.717) is 24.0 Å². The topological polar surface area (TPSA) is 103 Å². The van der Waals surface area contributed by atoms with E-state index in [4.69, 9.17) is 16.3 Å². The van der Waals surface area contributed by atoms with Gasteiger partial charge in [0.15, 0.2) is 5.82 Å². The number of para-hydroxylation sites is 1. The highest BCUT2D eigenvalue weighted by Gasteiger charge is 2.22. The van der Waals surface area contributed by atoms with Crippen LogP contribution < -0.4 is 15.4 Å². The monoisotopic (exact) mass is 573 g/mol. The normalized spacial score (nSPS) is 14.9. The number of ether oxygens (including phenoxy) is 1. The molecule has 0 spiro atoms. The van der Waals surface area contributed by atoms with Crippen LogP contribution in [0.25, 0.3) is 0 Å². The number of hydrogen-bond donors (Lipinski definition) is 2. The summed E-state index contributed by atoms with van der Waals surface area (Å²) in [5, 5.41) is 6.53. The van der Waals surface area contributed by atoms with Crippen LogP contribution >= 0.6 is 11.6 Å². The Balaban J connectivity index is 1.52. The smallest absolute Gasteiger partial charge is 0.244 e. The number of nitrogens with zero attached hydrogens (tertiary/aromatic N) is 5. The van der Waals surface area contributed by atoms with E-state index in [9.17, 15) is 8.42 Å². The summed E-state index contributed by atoms with van der Waals surface area (Å²) < 4.78 is 32.7. The number of aromatic nitrogens is 2. The fraction of sp³-hybridized carbons (Fsp3) is 0.407. The van der Waals surface area contributed by atoms with Gasteiger partial charge in [-0.3, -0.25) is 0 Å². The number of benzene rings is 2. The van der Waals surface area contributed by atoms with Crippen molar-refractivity contribution in [2.45, 2.75) is 18.2 Å². The first-order chi connectivity index (χ1) is 18.7. The second-order valence-corrected chi connectivity index (χ2v) is 12.1. The molecule has 2 heterocycles. The third-order valence-corrected chi connectivity index (χ3v) is 8.70. The first-order valence-electron chi connectivity index (χ1n) is 12.9. The molecule has 2 N–H and O–H groups in total. The van der Waals surface area contributed by atoms with Gasteiger partial charge in [0.2, 0.25) is 16.0 Å². The van der Waals surface area contributed by atoms with E-state index in [1.54, 1.807) is 18.2 Å². The molecule has 0 saturated carbocycles. The van der Waals surface area contributed by atoms with Gasteiger partial charge in [-0.1, -0.05) is 29.8 Å². The summed E-state index contributed by atoms with van der Waals surface area (Å²) in [5.74, 6) is 1.28. The van der Waals surface area contributed by atoms with Gasteiger partial charge in [-0.25, -0.2) is 17.7 Å². The maximum Gasteiger partial charge on any atom is 0.244 e. The fourth-order valence-corrected chi connectivity index (χ4v) is 5.39.